The van der Waals surface area contributed by atoms with Crippen LogP contribution in [0.5, 0.6) is 5.75 Å². The maximum absolute atomic E-state index is 10.3. The summed E-state index contributed by atoms with van der Waals surface area (Å²) in [6.45, 7) is 0. The zero-order valence-electron chi connectivity index (χ0n) is 6.34. The lowest BCUT2D eigenvalue weighted by Gasteiger charge is -1.96. The normalized spacial score (nSPS) is 9.54. The predicted octanol–water partition coefficient (Wildman–Crippen LogP) is 1.49. The number of hydrogen-bond acceptors (Lipinski definition) is 5. The maximum Gasteiger partial charge on any atom is 0.265 e. The predicted molar refractivity (Wildman–Crippen MR) is 46.3 cm³/mol. The summed E-state index contributed by atoms with van der Waals surface area (Å²) in [5.41, 5.74) is 0.0480. The molecule has 0 bridgehead atoms. The highest BCUT2D eigenvalue weighted by molar-refractivity contribution is 7.93. The van der Waals surface area contributed by atoms with Crippen LogP contribution in [0.4, 0.5) is 0 Å². The standard InChI is InChI=1S/C7H5NO4S/c9-4-5-3-6(13-8(11)12)1-2-7(5)10/h1-4,10H. The molecule has 0 aliphatic rings. The fraction of sp³-hybridized carbons (Fsp3) is 0. The second kappa shape index (κ2) is 3.90. The van der Waals surface area contributed by atoms with Crippen molar-refractivity contribution in [3.05, 3.63) is 33.9 Å². The van der Waals surface area contributed by atoms with Crippen LogP contribution in [-0.2, 0) is 0 Å². The van der Waals surface area contributed by atoms with Crippen LogP contribution >= 0.6 is 11.9 Å². The molecule has 6 heteroatoms. The smallest absolute Gasteiger partial charge is 0.265 e. The van der Waals surface area contributed by atoms with Gasteiger partial charge in [0, 0.05) is 0 Å². The fourth-order valence-electron chi connectivity index (χ4n) is 0.770. The van der Waals surface area contributed by atoms with Crippen LogP contribution in [0.1, 0.15) is 10.4 Å². The Balaban J connectivity index is 2.99. The summed E-state index contributed by atoms with van der Waals surface area (Å²) in [6.07, 6.45) is 0.444. The molecule has 0 aliphatic heterocycles. The van der Waals surface area contributed by atoms with Gasteiger partial charge in [-0.25, -0.2) is 0 Å². The average molecular weight is 199 g/mol. The molecule has 0 saturated heterocycles. The van der Waals surface area contributed by atoms with Gasteiger partial charge in [-0.05, 0) is 18.2 Å². The van der Waals surface area contributed by atoms with Crippen LogP contribution < -0.4 is 0 Å². The summed E-state index contributed by atoms with van der Waals surface area (Å²) < 4.78 is -0.582. The van der Waals surface area contributed by atoms with Crippen molar-refractivity contribution in [2.45, 2.75) is 4.90 Å². The van der Waals surface area contributed by atoms with Gasteiger partial charge in [0.25, 0.3) is 11.9 Å². The van der Waals surface area contributed by atoms with E-state index in [0.29, 0.717) is 23.1 Å². The van der Waals surface area contributed by atoms with Gasteiger partial charge < -0.3 is 5.11 Å². The molecule has 0 heterocycles. The monoisotopic (exact) mass is 199 g/mol. The number of rotatable bonds is 3. The highest BCUT2D eigenvalue weighted by Gasteiger charge is 2.08. The van der Waals surface area contributed by atoms with Crippen molar-refractivity contribution in [3.63, 3.8) is 0 Å². The third-order valence-electron chi connectivity index (χ3n) is 1.31. The molecule has 13 heavy (non-hydrogen) atoms. The number of carbonyl (C=O) groups is 1. The first kappa shape index (κ1) is 9.53. The van der Waals surface area contributed by atoms with Crippen molar-refractivity contribution < 1.29 is 14.2 Å². The highest BCUT2D eigenvalue weighted by Crippen LogP contribution is 2.23. The summed E-state index contributed by atoms with van der Waals surface area (Å²) in [4.78, 5) is 20.7. The SMILES string of the molecule is O=Cc1cc(S[N+](=O)[O-])ccc1O. The van der Waals surface area contributed by atoms with E-state index >= 15 is 0 Å². The number of hydrogen-bond donors (Lipinski definition) is 1. The zero-order chi connectivity index (χ0) is 9.84. The van der Waals surface area contributed by atoms with E-state index in [1.165, 1.54) is 18.2 Å². The summed E-state index contributed by atoms with van der Waals surface area (Å²) in [5.74, 6) is -0.178. The first-order valence-corrected chi connectivity index (χ1v) is 4.01. The molecule has 1 rings (SSSR count). The van der Waals surface area contributed by atoms with Gasteiger partial charge in [-0.2, -0.15) is 0 Å². The molecule has 0 aliphatic carbocycles. The Morgan fingerprint density at radius 3 is 2.77 bits per heavy atom. The number of aldehydes is 1. The molecule has 1 N–H and O–H groups in total. The molecule has 0 atom stereocenters. The molecule has 1 aromatic carbocycles. The number of nitrogens with zero attached hydrogens (tertiary/aromatic N) is 1. The van der Waals surface area contributed by atoms with Crippen LogP contribution in [0, 0.1) is 10.1 Å². The van der Waals surface area contributed by atoms with Crippen molar-refractivity contribution in [3.8, 4) is 5.75 Å². The minimum atomic E-state index is -0.582. The Morgan fingerprint density at radius 1 is 1.54 bits per heavy atom. The quantitative estimate of drug-likeness (QED) is 0.345. The third-order valence-corrected chi connectivity index (χ3v) is 1.92. The number of carbonyl (C=O) groups excluding carboxylic acids is 1. The van der Waals surface area contributed by atoms with E-state index in [4.69, 9.17) is 5.11 Å². The van der Waals surface area contributed by atoms with Crippen LogP contribution in [0.3, 0.4) is 0 Å². The molecule has 5 nitrogen and oxygen atoms in total. The third kappa shape index (κ3) is 2.45. The lowest BCUT2D eigenvalue weighted by Crippen LogP contribution is -1.86. The van der Waals surface area contributed by atoms with Gasteiger partial charge in [0.1, 0.15) is 10.1 Å². The number of nitro groups is 1. The first-order chi connectivity index (χ1) is 6.13. The topological polar surface area (TPSA) is 80.4 Å². The molecule has 68 valence electrons. The summed E-state index contributed by atoms with van der Waals surface area (Å²) in [7, 11) is 0. The van der Waals surface area contributed by atoms with Crippen molar-refractivity contribution in [2.75, 3.05) is 0 Å². The molecular formula is C7H5NO4S. The Hall–Kier alpha value is -1.56. The van der Waals surface area contributed by atoms with Crippen LogP contribution in [0.25, 0.3) is 0 Å². The van der Waals surface area contributed by atoms with E-state index in [0.717, 1.165) is 0 Å². The van der Waals surface area contributed by atoms with Gasteiger partial charge in [-0.3, -0.25) is 14.9 Å². The molecule has 1 aromatic rings. The molecule has 0 fully saturated rings. The van der Waals surface area contributed by atoms with Crippen LogP contribution in [-0.4, -0.2) is 15.7 Å². The van der Waals surface area contributed by atoms with Crippen LogP contribution in [0.2, 0.25) is 0 Å². The van der Waals surface area contributed by atoms with E-state index in [1.54, 1.807) is 0 Å². The lowest BCUT2D eigenvalue weighted by atomic mass is 10.2. The lowest BCUT2D eigenvalue weighted by molar-refractivity contribution is -0.284. The zero-order valence-corrected chi connectivity index (χ0v) is 7.15. The molecule has 0 aromatic heterocycles. The number of benzene rings is 1. The van der Waals surface area contributed by atoms with E-state index in [9.17, 15) is 14.9 Å². The summed E-state index contributed by atoms with van der Waals surface area (Å²) >= 11 is 0.389. The highest BCUT2D eigenvalue weighted by atomic mass is 32.2. The second-order valence-electron chi connectivity index (χ2n) is 2.15. The molecule has 0 spiro atoms. The largest absolute Gasteiger partial charge is 0.507 e. The number of phenolic OH excluding ortho intramolecular Hbond substituents is 1. The van der Waals surface area contributed by atoms with E-state index in [2.05, 4.69) is 0 Å². The summed E-state index contributed by atoms with van der Waals surface area (Å²) in [5, 5.41) is 19.1. The first-order valence-electron chi connectivity index (χ1n) is 3.24. The van der Waals surface area contributed by atoms with Gasteiger partial charge in [0.2, 0.25) is 0 Å². The fourth-order valence-corrected chi connectivity index (χ4v) is 1.25. The van der Waals surface area contributed by atoms with Crippen molar-refractivity contribution >= 4 is 18.2 Å². The van der Waals surface area contributed by atoms with Gasteiger partial charge in [0.05, 0.1) is 10.5 Å². The number of phenols is 1. The van der Waals surface area contributed by atoms with Crippen molar-refractivity contribution in [2.24, 2.45) is 0 Å². The molecule has 0 radical (unpaired) electrons. The Labute approximate surface area is 77.7 Å². The molecule has 0 unspecified atom stereocenters. The minimum absolute atomic E-state index is 0.0480. The van der Waals surface area contributed by atoms with Gasteiger partial charge in [-0.15, -0.1) is 0 Å². The number of aromatic hydroxyl groups is 1. The Kier molecular flexibility index (Phi) is 2.86. The van der Waals surface area contributed by atoms with Crippen molar-refractivity contribution in [1.29, 1.82) is 0 Å². The Bertz CT molecular complexity index is 352. The van der Waals surface area contributed by atoms with Crippen molar-refractivity contribution in [1.82, 2.24) is 0 Å². The van der Waals surface area contributed by atoms with Crippen LogP contribution in [0.15, 0.2) is 23.1 Å². The molecule has 0 amide bonds. The Morgan fingerprint density at radius 2 is 2.23 bits per heavy atom. The van der Waals surface area contributed by atoms with E-state index in [-0.39, 0.29) is 11.3 Å². The maximum atomic E-state index is 10.3. The van der Waals surface area contributed by atoms with Gasteiger partial charge in [-0.1, -0.05) is 0 Å². The molecule has 0 saturated carbocycles. The van der Waals surface area contributed by atoms with E-state index in [1.807, 2.05) is 0 Å². The van der Waals surface area contributed by atoms with Gasteiger partial charge in [0.15, 0.2) is 6.29 Å². The second-order valence-corrected chi connectivity index (χ2v) is 3.11. The average Bonchev–Trinajstić information content (AvgIpc) is 2.07. The van der Waals surface area contributed by atoms with Gasteiger partial charge >= 0.3 is 0 Å². The van der Waals surface area contributed by atoms with E-state index < -0.39 is 4.33 Å². The summed E-state index contributed by atoms with van der Waals surface area (Å²) in [6, 6.07) is 3.88. The minimum Gasteiger partial charge on any atom is -0.507 e. The molecular weight excluding hydrogens is 194 g/mol.